The van der Waals surface area contributed by atoms with Gasteiger partial charge in [-0.3, -0.25) is 4.79 Å². The Labute approximate surface area is 109 Å². The molecule has 1 amide bonds. The number of nitrogen functional groups attached to an aromatic ring is 1. The fourth-order valence-corrected chi connectivity index (χ4v) is 2.52. The van der Waals surface area contributed by atoms with Crippen LogP contribution >= 0.6 is 0 Å². The molecule has 0 radical (unpaired) electrons. The minimum Gasteiger partial charge on any atom is -0.399 e. The van der Waals surface area contributed by atoms with E-state index in [4.69, 9.17) is 5.73 Å². The molecule has 98 valence electrons. The van der Waals surface area contributed by atoms with E-state index in [0.717, 1.165) is 24.8 Å². The van der Waals surface area contributed by atoms with Gasteiger partial charge in [-0.2, -0.15) is 0 Å². The van der Waals surface area contributed by atoms with Gasteiger partial charge < -0.3 is 11.1 Å². The number of carbonyl (C=O) groups is 1. The fraction of sp³-hybridized carbons (Fsp3) is 0.533. The van der Waals surface area contributed by atoms with Crippen molar-refractivity contribution in [3.8, 4) is 0 Å². The quantitative estimate of drug-likeness (QED) is 0.803. The number of hydrogen-bond donors (Lipinski definition) is 2. The molecule has 1 unspecified atom stereocenters. The Bertz CT molecular complexity index is 432. The van der Waals surface area contributed by atoms with Crippen molar-refractivity contribution in [2.45, 2.75) is 51.0 Å². The predicted molar refractivity (Wildman–Crippen MR) is 74.3 cm³/mol. The fourth-order valence-electron chi connectivity index (χ4n) is 2.52. The van der Waals surface area contributed by atoms with Gasteiger partial charge in [0.15, 0.2) is 0 Å². The third-order valence-electron chi connectivity index (χ3n) is 4.18. The summed E-state index contributed by atoms with van der Waals surface area (Å²) in [6.07, 6.45) is 4.46. The average Bonchev–Trinajstić information content (AvgIpc) is 2.32. The first kappa shape index (κ1) is 12.9. The Morgan fingerprint density at radius 2 is 2.22 bits per heavy atom. The summed E-state index contributed by atoms with van der Waals surface area (Å²) in [7, 11) is 0. The molecule has 18 heavy (non-hydrogen) atoms. The van der Waals surface area contributed by atoms with Gasteiger partial charge in [-0.15, -0.1) is 0 Å². The van der Waals surface area contributed by atoms with Crippen LogP contribution in [0.25, 0.3) is 0 Å². The molecular formula is C15H22N2O. The second-order valence-corrected chi connectivity index (χ2v) is 5.37. The van der Waals surface area contributed by atoms with Gasteiger partial charge in [0.25, 0.3) is 0 Å². The van der Waals surface area contributed by atoms with Gasteiger partial charge in [-0.25, -0.2) is 0 Å². The van der Waals surface area contributed by atoms with Gasteiger partial charge in [0, 0.05) is 11.2 Å². The summed E-state index contributed by atoms with van der Waals surface area (Å²) in [5.41, 5.74) is 7.51. The molecule has 1 saturated carbocycles. The Morgan fingerprint density at radius 3 is 2.72 bits per heavy atom. The van der Waals surface area contributed by atoms with E-state index in [9.17, 15) is 4.79 Å². The first-order valence-corrected chi connectivity index (χ1v) is 6.74. The van der Waals surface area contributed by atoms with Crippen molar-refractivity contribution >= 4 is 11.6 Å². The standard InChI is InChI=1S/C15H22N2O/c1-3-15(8-5-9-15)17-14(18)11(2)12-6-4-7-13(16)10-12/h4,6-7,10-11H,3,5,8-9,16H2,1-2H3,(H,17,18). The first-order valence-electron chi connectivity index (χ1n) is 6.74. The third-order valence-corrected chi connectivity index (χ3v) is 4.18. The first-order chi connectivity index (χ1) is 8.56. The van der Waals surface area contributed by atoms with Crippen LogP contribution in [0.3, 0.4) is 0 Å². The number of amides is 1. The minimum absolute atomic E-state index is 0.0612. The lowest BCUT2D eigenvalue weighted by Gasteiger charge is -2.42. The lowest BCUT2D eigenvalue weighted by atomic mass is 9.74. The van der Waals surface area contributed by atoms with Crippen molar-refractivity contribution in [2.24, 2.45) is 0 Å². The molecular weight excluding hydrogens is 224 g/mol. The second kappa shape index (κ2) is 5.01. The van der Waals surface area contributed by atoms with Crippen molar-refractivity contribution < 1.29 is 4.79 Å². The zero-order valence-electron chi connectivity index (χ0n) is 11.2. The van der Waals surface area contributed by atoms with Crippen LogP contribution in [-0.2, 0) is 4.79 Å². The SMILES string of the molecule is CCC1(NC(=O)C(C)c2cccc(N)c2)CCC1. The van der Waals surface area contributed by atoms with Crippen molar-refractivity contribution in [2.75, 3.05) is 5.73 Å². The number of hydrogen-bond acceptors (Lipinski definition) is 2. The van der Waals surface area contributed by atoms with Crippen LogP contribution < -0.4 is 11.1 Å². The van der Waals surface area contributed by atoms with Crippen molar-refractivity contribution in [1.82, 2.24) is 5.32 Å². The van der Waals surface area contributed by atoms with Gasteiger partial charge in [0.2, 0.25) is 5.91 Å². The van der Waals surface area contributed by atoms with Gasteiger partial charge in [0.05, 0.1) is 5.92 Å². The van der Waals surface area contributed by atoms with Crippen LogP contribution in [0.2, 0.25) is 0 Å². The summed E-state index contributed by atoms with van der Waals surface area (Å²) in [6.45, 7) is 4.08. The highest BCUT2D eigenvalue weighted by Crippen LogP contribution is 2.35. The van der Waals surface area contributed by atoms with E-state index in [1.807, 2.05) is 31.2 Å². The number of benzene rings is 1. The van der Waals surface area contributed by atoms with E-state index < -0.39 is 0 Å². The van der Waals surface area contributed by atoms with Crippen LogP contribution in [0.4, 0.5) is 5.69 Å². The maximum absolute atomic E-state index is 12.3. The number of nitrogens with two attached hydrogens (primary N) is 1. The molecule has 3 N–H and O–H groups in total. The van der Waals surface area contributed by atoms with E-state index in [1.54, 1.807) is 0 Å². The predicted octanol–water partition coefficient (Wildman–Crippen LogP) is 2.82. The molecule has 1 fully saturated rings. The lowest BCUT2D eigenvalue weighted by molar-refractivity contribution is -0.125. The second-order valence-electron chi connectivity index (χ2n) is 5.37. The largest absolute Gasteiger partial charge is 0.399 e. The zero-order valence-corrected chi connectivity index (χ0v) is 11.2. The molecule has 0 saturated heterocycles. The van der Waals surface area contributed by atoms with Crippen molar-refractivity contribution in [1.29, 1.82) is 0 Å². The molecule has 3 nitrogen and oxygen atoms in total. The molecule has 1 aliphatic carbocycles. The number of carbonyl (C=O) groups excluding carboxylic acids is 1. The molecule has 2 rings (SSSR count). The molecule has 0 spiro atoms. The Kier molecular flexibility index (Phi) is 3.60. The smallest absolute Gasteiger partial charge is 0.227 e. The summed E-state index contributed by atoms with van der Waals surface area (Å²) in [6, 6.07) is 7.57. The minimum atomic E-state index is -0.141. The van der Waals surface area contributed by atoms with Crippen LogP contribution in [0, 0.1) is 0 Å². The highest BCUT2D eigenvalue weighted by molar-refractivity contribution is 5.84. The van der Waals surface area contributed by atoms with E-state index in [2.05, 4.69) is 12.2 Å². The number of nitrogens with one attached hydrogen (secondary N) is 1. The summed E-state index contributed by atoms with van der Waals surface area (Å²) >= 11 is 0. The Balaban J connectivity index is 2.05. The Hall–Kier alpha value is -1.51. The number of rotatable bonds is 4. The van der Waals surface area contributed by atoms with Crippen LogP contribution in [0.5, 0.6) is 0 Å². The molecule has 0 heterocycles. The monoisotopic (exact) mass is 246 g/mol. The molecule has 1 atom stereocenters. The van der Waals surface area contributed by atoms with E-state index in [0.29, 0.717) is 5.69 Å². The highest BCUT2D eigenvalue weighted by Gasteiger charge is 2.37. The topological polar surface area (TPSA) is 55.1 Å². The van der Waals surface area contributed by atoms with E-state index in [1.165, 1.54) is 6.42 Å². The molecule has 1 aromatic rings. The zero-order chi connectivity index (χ0) is 13.2. The summed E-state index contributed by atoms with van der Waals surface area (Å²) < 4.78 is 0. The molecule has 0 aliphatic heterocycles. The highest BCUT2D eigenvalue weighted by atomic mass is 16.2. The molecule has 1 aromatic carbocycles. The summed E-state index contributed by atoms with van der Waals surface area (Å²) in [5.74, 6) is -0.0281. The van der Waals surface area contributed by atoms with Gasteiger partial charge in [-0.05, 0) is 50.3 Å². The van der Waals surface area contributed by atoms with Crippen molar-refractivity contribution in [3.63, 3.8) is 0 Å². The van der Waals surface area contributed by atoms with Crippen LogP contribution in [0.15, 0.2) is 24.3 Å². The third kappa shape index (κ3) is 2.50. The molecule has 1 aliphatic rings. The van der Waals surface area contributed by atoms with Crippen molar-refractivity contribution in [3.05, 3.63) is 29.8 Å². The average molecular weight is 246 g/mol. The normalized spacial score (nSPS) is 18.8. The maximum atomic E-state index is 12.3. The van der Waals surface area contributed by atoms with Gasteiger partial charge in [0.1, 0.15) is 0 Å². The maximum Gasteiger partial charge on any atom is 0.227 e. The molecule has 0 bridgehead atoms. The molecule has 3 heteroatoms. The van der Waals surface area contributed by atoms with Gasteiger partial charge >= 0.3 is 0 Å². The van der Waals surface area contributed by atoms with E-state index in [-0.39, 0.29) is 17.4 Å². The summed E-state index contributed by atoms with van der Waals surface area (Å²) in [5, 5.41) is 3.22. The van der Waals surface area contributed by atoms with Crippen LogP contribution in [-0.4, -0.2) is 11.4 Å². The Morgan fingerprint density at radius 1 is 1.50 bits per heavy atom. The van der Waals surface area contributed by atoms with Crippen LogP contribution in [0.1, 0.15) is 51.0 Å². The van der Waals surface area contributed by atoms with Gasteiger partial charge in [-0.1, -0.05) is 19.1 Å². The molecule has 0 aromatic heterocycles. The number of anilines is 1. The summed E-state index contributed by atoms with van der Waals surface area (Å²) in [4.78, 5) is 12.3. The van der Waals surface area contributed by atoms with E-state index >= 15 is 0 Å². The lowest BCUT2D eigenvalue weighted by Crippen LogP contribution is -2.53.